The third-order valence-electron chi connectivity index (χ3n) is 3.03. The number of nitrogens with one attached hydrogen (secondary N) is 2. The van der Waals surface area contributed by atoms with Crippen LogP contribution in [-0.2, 0) is 9.59 Å². The highest BCUT2D eigenvalue weighted by atomic mass is 16.2. The standard InChI is InChI=1S/C16H21N3O3/c1-2-3-5-10-13(15(17)21)19-14(20)11-18-16(22)12-8-6-4-7-9-12/h2,4,6-9,13H,1,3,5,10-11H2,(H2,17,21)(H,18,22)(H,19,20)/t13-/m0/s1. The minimum absolute atomic E-state index is 0.209. The number of amides is 3. The van der Waals surface area contributed by atoms with Crippen molar-refractivity contribution in [2.75, 3.05) is 6.54 Å². The summed E-state index contributed by atoms with van der Waals surface area (Å²) < 4.78 is 0. The Labute approximate surface area is 129 Å². The molecule has 0 radical (unpaired) electrons. The van der Waals surface area contributed by atoms with Crippen LogP contribution in [0, 0.1) is 0 Å². The van der Waals surface area contributed by atoms with Gasteiger partial charge in [-0.25, -0.2) is 0 Å². The first-order chi connectivity index (χ1) is 10.5. The van der Waals surface area contributed by atoms with Gasteiger partial charge in [0.1, 0.15) is 6.04 Å². The van der Waals surface area contributed by atoms with Gasteiger partial charge in [0.2, 0.25) is 11.8 Å². The minimum Gasteiger partial charge on any atom is -0.368 e. The molecule has 0 fully saturated rings. The summed E-state index contributed by atoms with van der Waals surface area (Å²) in [5.74, 6) is -1.39. The van der Waals surface area contributed by atoms with Crippen molar-refractivity contribution >= 4 is 17.7 Å². The van der Waals surface area contributed by atoms with E-state index in [9.17, 15) is 14.4 Å². The van der Waals surface area contributed by atoms with Crippen LogP contribution < -0.4 is 16.4 Å². The van der Waals surface area contributed by atoms with Gasteiger partial charge in [-0.05, 0) is 31.4 Å². The van der Waals surface area contributed by atoms with Crippen molar-refractivity contribution in [3.63, 3.8) is 0 Å². The third kappa shape index (κ3) is 6.21. The van der Waals surface area contributed by atoms with Crippen molar-refractivity contribution in [2.45, 2.75) is 25.3 Å². The first-order valence-electron chi connectivity index (χ1n) is 7.07. The van der Waals surface area contributed by atoms with Gasteiger partial charge in [-0.15, -0.1) is 6.58 Å². The fraction of sp³-hybridized carbons (Fsp3) is 0.312. The Bertz CT molecular complexity index is 529. The number of hydrogen-bond acceptors (Lipinski definition) is 3. The van der Waals surface area contributed by atoms with Crippen molar-refractivity contribution in [3.8, 4) is 0 Å². The lowest BCUT2D eigenvalue weighted by Crippen LogP contribution is -2.47. The van der Waals surface area contributed by atoms with E-state index < -0.39 is 17.9 Å². The lowest BCUT2D eigenvalue weighted by atomic mass is 10.1. The van der Waals surface area contributed by atoms with Crippen molar-refractivity contribution in [2.24, 2.45) is 5.73 Å². The van der Waals surface area contributed by atoms with E-state index in [4.69, 9.17) is 5.73 Å². The summed E-state index contributed by atoms with van der Waals surface area (Å²) in [6.07, 6.45) is 3.62. The van der Waals surface area contributed by atoms with Gasteiger partial charge in [0, 0.05) is 5.56 Å². The normalized spacial score (nSPS) is 11.3. The molecule has 3 amide bonds. The average molecular weight is 303 g/mol. The highest BCUT2D eigenvalue weighted by molar-refractivity contribution is 5.97. The maximum absolute atomic E-state index is 11.8. The van der Waals surface area contributed by atoms with Crippen molar-refractivity contribution in [3.05, 3.63) is 48.6 Å². The van der Waals surface area contributed by atoms with E-state index in [-0.39, 0.29) is 12.5 Å². The second-order valence-corrected chi connectivity index (χ2v) is 4.79. The Balaban J connectivity index is 2.41. The minimum atomic E-state index is -0.735. The molecule has 1 atom stereocenters. The van der Waals surface area contributed by atoms with Gasteiger partial charge in [-0.1, -0.05) is 24.3 Å². The molecular formula is C16H21N3O3. The van der Waals surface area contributed by atoms with Crippen LogP contribution in [0.1, 0.15) is 29.6 Å². The first-order valence-corrected chi connectivity index (χ1v) is 7.07. The summed E-state index contributed by atoms with van der Waals surface area (Å²) >= 11 is 0. The van der Waals surface area contributed by atoms with Crippen LogP contribution in [0.5, 0.6) is 0 Å². The van der Waals surface area contributed by atoms with Crippen LogP contribution in [0.15, 0.2) is 43.0 Å². The summed E-state index contributed by atoms with van der Waals surface area (Å²) in [5.41, 5.74) is 5.71. The number of primary amides is 1. The summed E-state index contributed by atoms with van der Waals surface area (Å²) in [5, 5.41) is 5.01. The Morgan fingerprint density at radius 3 is 2.50 bits per heavy atom. The van der Waals surface area contributed by atoms with Gasteiger partial charge in [0.05, 0.1) is 6.54 Å². The van der Waals surface area contributed by atoms with Gasteiger partial charge in [0.25, 0.3) is 5.91 Å². The maximum Gasteiger partial charge on any atom is 0.251 e. The zero-order chi connectivity index (χ0) is 16.4. The van der Waals surface area contributed by atoms with Crippen LogP contribution in [0.4, 0.5) is 0 Å². The van der Waals surface area contributed by atoms with Crippen LogP contribution in [0.2, 0.25) is 0 Å². The number of unbranched alkanes of at least 4 members (excludes halogenated alkanes) is 1. The summed E-state index contributed by atoms with van der Waals surface area (Å²) in [4.78, 5) is 34.8. The third-order valence-corrected chi connectivity index (χ3v) is 3.03. The van der Waals surface area contributed by atoms with Gasteiger partial charge < -0.3 is 16.4 Å². The SMILES string of the molecule is C=CCCC[C@H](NC(=O)CNC(=O)c1ccccc1)C(N)=O. The van der Waals surface area contributed by atoms with E-state index in [1.807, 2.05) is 0 Å². The average Bonchev–Trinajstić information content (AvgIpc) is 2.52. The van der Waals surface area contributed by atoms with Crippen molar-refractivity contribution < 1.29 is 14.4 Å². The molecule has 0 aliphatic heterocycles. The molecule has 1 rings (SSSR count). The van der Waals surface area contributed by atoms with Crippen LogP contribution >= 0.6 is 0 Å². The molecule has 0 aromatic heterocycles. The van der Waals surface area contributed by atoms with E-state index in [0.29, 0.717) is 18.4 Å². The molecule has 6 heteroatoms. The number of allylic oxidation sites excluding steroid dienone is 1. The van der Waals surface area contributed by atoms with Crippen LogP contribution in [0.3, 0.4) is 0 Å². The highest BCUT2D eigenvalue weighted by Gasteiger charge is 2.17. The van der Waals surface area contributed by atoms with Crippen LogP contribution in [0.25, 0.3) is 0 Å². The smallest absolute Gasteiger partial charge is 0.251 e. The molecule has 0 aliphatic carbocycles. The van der Waals surface area contributed by atoms with Gasteiger partial charge in [0.15, 0.2) is 0 Å². The molecule has 1 aromatic rings. The van der Waals surface area contributed by atoms with E-state index >= 15 is 0 Å². The quantitative estimate of drug-likeness (QED) is 0.463. The van der Waals surface area contributed by atoms with Crippen LogP contribution in [-0.4, -0.2) is 30.3 Å². The largest absolute Gasteiger partial charge is 0.368 e. The Kier molecular flexibility index (Phi) is 7.39. The zero-order valence-electron chi connectivity index (χ0n) is 12.4. The van der Waals surface area contributed by atoms with E-state index in [1.165, 1.54) is 0 Å². The lowest BCUT2D eigenvalue weighted by Gasteiger charge is -2.15. The maximum atomic E-state index is 11.8. The fourth-order valence-corrected chi connectivity index (χ4v) is 1.85. The predicted molar refractivity (Wildman–Crippen MR) is 83.9 cm³/mol. The molecule has 0 spiro atoms. The molecule has 0 saturated carbocycles. The monoisotopic (exact) mass is 303 g/mol. The molecule has 0 aliphatic rings. The number of nitrogens with two attached hydrogens (primary N) is 1. The van der Waals surface area contributed by atoms with Crippen molar-refractivity contribution in [1.82, 2.24) is 10.6 Å². The van der Waals surface area contributed by atoms with E-state index in [2.05, 4.69) is 17.2 Å². The Morgan fingerprint density at radius 2 is 1.91 bits per heavy atom. The number of rotatable bonds is 9. The second-order valence-electron chi connectivity index (χ2n) is 4.79. The molecule has 1 aromatic carbocycles. The Morgan fingerprint density at radius 1 is 1.23 bits per heavy atom. The molecule has 0 bridgehead atoms. The lowest BCUT2D eigenvalue weighted by molar-refractivity contribution is -0.126. The topological polar surface area (TPSA) is 101 Å². The summed E-state index contributed by atoms with van der Waals surface area (Å²) in [6, 6.07) is 7.82. The molecule has 0 unspecified atom stereocenters. The second kappa shape index (κ2) is 9.33. The highest BCUT2D eigenvalue weighted by Crippen LogP contribution is 2.01. The molecule has 22 heavy (non-hydrogen) atoms. The number of hydrogen-bond donors (Lipinski definition) is 3. The predicted octanol–water partition coefficient (Wildman–Crippen LogP) is 0.743. The van der Waals surface area contributed by atoms with E-state index in [0.717, 1.165) is 6.42 Å². The van der Waals surface area contributed by atoms with E-state index in [1.54, 1.807) is 36.4 Å². The van der Waals surface area contributed by atoms with Gasteiger partial charge >= 0.3 is 0 Å². The number of carbonyl (C=O) groups is 3. The van der Waals surface area contributed by atoms with Gasteiger partial charge in [-0.3, -0.25) is 14.4 Å². The molecule has 0 saturated heterocycles. The number of benzene rings is 1. The molecule has 6 nitrogen and oxygen atoms in total. The summed E-state index contributed by atoms with van der Waals surface area (Å²) in [7, 11) is 0. The molecular weight excluding hydrogens is 282 g/mol. The number of carbonyl (C=O) groups excluding carboxylic acids is 3. The Hall–Kier alpha value is -2.63. The van der Waals surface area contributed by atoms with Gasteiger partial charge in [-0.2, -0.15) is 0 Å². The first kappa shape index (κ1) is 17.4. The fourth-order valence-electron chi connectivity index (χ4n) is 1.85. The summed E-state index contributed by atoms with van der Waals surface area (Å²) in [6.45, 7) is 3.38. The zero-order valence-corrected chi connectivity index (χ0v) is 12.4. The molecule has 0 heterocycles. The van der Waals surface area contributed by atoms with Crippen molar-refractivity contribution in [1.29, 1.82) is 0 Å². The molecule has 118 valence electrons. The molecule has 4 N–H and O–H groups in total.